The van der Waals surface area contributed by atoms with Gasteiger partial charge in [-0.25, -0.2) is 15.0 Å². The number of para-hydroxylation sites is 1. The number of aromatic nitrogens is 3. The summed E-state index contributed by atoms with van der Waals surface area (Å²) in [6, 6.07) is 42.4. The highest BCUT2D eigenvalue weighted by Crippen LogP contribution is 2.44. The lowest BCUT2D eigenvalue weighted by Crippen LogP contribution is -2.19. The first kappa shape index (κ1) is 28.6. The van der Waals surface area contributed by atoms with Crippen LogP contribution in [0.2, 0.25) is 0 Å². The Bertz CT molecular complexity index is 2800. The van der Waals surface area contributed by atoms with Crippen LogP contribution >= 0.6 is 0 Å². The van der Waals surface area contributed by atoms with Gasteiger partial charge in [-0.15, -0.1) is 0 Å². The molecule has 0 saturated heterocycles. The minimum absolute atomic E-state index is 0.0325. The monoisotopic (exact) mass is 641 g/mol. The smallest absolute Gasteiger partial charge is 0.164 e. The fourth-order valence-corrected chi connectivity index (χ4v) is 7.64. The predicted octanol–water partition coefficient (Wildman–Crippen LogP) is 11.9. The summed E-state index contributed by atoms with van der Waals surface area (Å²) in [4.78, 5) is 15.6. The van der Waals surface area contributed by atoms with Crippen molar-refractivity contribution in [2.75, 3.05) is 0 Å². The molecule has 10 rings (SSSR count). The normalized spacial score (nSPS) is 17.0. The van der Waals surface area contributed by atoms with Gasteiger partial charge in [0.15, 0.2) is 17.5 Å². The second kappa shape index (κ2) is 11.1. The topological polar surface area (TPSA) is 51.8 Å². The van der Waals surface area contributed by atoms with Crippen molar-refractivity contribution in [2.45, 2.75) is 13.3 Å². The Kier molecular flexibility index (Phi) is 6.34. The van der Waals surface area contributed by atoms with Crippen LogP contribution < -0.4 is 0 Å². The van der Waals surface area contributed by atoms with E-state index in [9.17, 15) is 0 Å². The van der Waals surface area contributed by atoms with E-state index in [4.69, 9.17) is 19.4 Å². The summed E-state index contributed by atoms with van der Waals surface area (Å²) >= 11 is 0. The molecule has 8 aromatic rings. The van der Waals surface area contributed by atoms with Gasteiger partial charge in [0, 0.05) is 32.9 Å². The predicted molar refractivity (Wildman–Crippen MR) is 205 cm³/mol. The Morgan fingerprint density at radius 3 is 2.18 bits per heavy atom. The maximum absolute atomic E-state index is 6.60. The van der Waals surface area contributed by atoms with Gasteiger partial charge in [0.25, 0.3) is 0 Å². The number of benzene rings is 6. The molecule has 0 spiro atoms. The van der Waals surface area contributed by atoms with Crippen LogP contribution in [0, 0.1) is 5.41 Å². The van der Waals surface area contributed by atoms with E-state index in [2.05, 4.69) is 134 Å². The molecule has 1 atom stereocenters. The summed E-state index contributed by atoms with van der Waals surface area (Å²) in [7, 11) is 0. The van der Waals surface area contributed by atoms with Crippen LogP contribution in [-0.2, 0) is 0 Å². The second-order valence-electron chi connectivity index (χ2n) is 13.5. The number of hydrogen-bond donors (Lipinski definition) is 0. The molecule has 0 aliphatic heterocycles. The molecule has 0 bridgehead atoms. The van der Waals surface area contributed by atoms with Gasteiger partial charge < -0.3 is 4.42 Å². The van der Waals surface area contributed by atoms with E-state index in [0.717, 1.165) is 56.2 Å². The van der Waals surface area contributed by atoms with Crippen LogP contribution in [0.5, 0.6) is 0 Å². The lowest BCUT2D eigenvalue weighted by Gasteiger charge is -2.31. The largest absolute Gasteiger partial charge is 0.456 e. The highest BCUT2D eigenvalue weighted by Gasteiger charge is 2.29. The summed E-state index contributed by atoms with van der Waals surface area (Å²) in [5.74, 6) is 1.91. The number of hydrogen-bond acceptors (Lipinski definition) is 4. The molecule has 4 heteroatoms. The third-order valence-electron chi connectivity index (χ3n) is 10.3. The van der Waals surface area contributed by atoms with E-state index < -0.39 is 0 Å². The zero-order valence-corrected chi connectivity index (χ0v) is 27.5. The van der Waals surface area contributed by atoms with Gasteiger partial charge in [0.1, 0.15) is 11.2 Å². The van der Waals surface area contributed by atoms with Crippen LogP contribution in [0.25, 0.3) is 83.0 Å². The van der Waals surface area contributed by atoms with Crippen molar-refractivity contribution in [1.82, 2.24) is 15.0 Å². The molecule has 6 aromatic carbocycles. The van der Waals surface area contributed by atoms with Crippen molar-refractivity contribution >= 4 is 49.1 Å². The van der Waals surface area contributed by atoms with Crippen LogP contribution in [0.4, 0.5) is 0 Å². The SMILES string of the molecule is CC12C=CC=CC1=CC(c1nc(-c3ccccc3)nc(-c3cc(-c4cc5ccccc5c5ccccc45)cc4oc5ccccc5c34)n1)=CC2. The second-order valence-corrected chi connectivity index (χ2v) is 13.5. The number of allylic oxidation sites excluding steroid dienone is 8. The van der Waals surface area contributed by atoms with Gasteiger partial charge in [-0.05, 0) is 75.0 Å². The summed E-state index contributed by atoms with van der Waals surface area (Å²) in [5.41, 5.74) is 7.90. The van der Waals surface area contributed by atoms with Gasteiger partial charge in [-0.2, -0.15) is 0 Å². The quantitative estimate of drug-likeness (QED) is 0.179. The maximum atomic E-state index is 6.60. The van der Waals surface area contributed by atoms with E-state index in [1.807, 2.05) is 30.3 Å². The minimum Gasteiger partial charge on any atom is -0.456 e. The highest BCUT2D eigenvalue weighted by atomic mass is 16.3. The van der Waals surface area contributed by atoms with Gasteiger partial charge in [-0.1, -0.05) is 134 Å². The van der Waals surface area contributed by atoms with E-state index in [1.54, 1.807) is 0 Å². The van der Waals surface area contributed by atoms with Crippen molar-refractivity contribution in [3.8, 4) is 33.9 Å². The molecule has 0 radical (unpaired) electrons. The van der Waals surface area contributed by atoms with Crippen molar-refractivity contribution in [2.24, 2.45) is 5.41 Å². The molecule has 1 unspecified atom stereocenters. The molecule has 50 heavy (non-hydrogen) atoms. The van der Waals surface area contributed by atoms with Crippen LogP contribution in [0.15, 0.2) is 168 Å². The molecule has 2 aliphatic carbocycles. The van der Waals surface area contributed by atoms with Crippen LogP contribution in [0.3, 0.4) is 0 Å². The zero-order chi connectivity index (χ0) is 33.2. The first-order valence-electron chi connectivity index (χ1n) is 17.1. The van der Waals surface area contributed by atoms with E-state index in [1.165, 1.54) is 27.1 Å². The molecule has 236 valence electrons. The minimum atomic E-state index is -0.0325. The zero-order valence-electron chi connectivity index (χ0n) is 27.5. The van der Waals surface area contributed by atoms with Crippen LogP contribution in [0.1, 0.15) is 19.2 Å². The molecule has 0 fully saturated rings. The van der Waals surface area contributed by atoms with Crippen molar-refractivity contribution < 1.29 is 4.42 Å². The molecule has 2 aromatic heterocycles. The lowest BCUT2D eigenvalue weighted by molar-refractivity contribution is 0.528. The third kappa shape index (κ3) is 4.56. The maximum Gasteiger partial charge on any atom is 0.164 e. The summed E-state index contributed by atoms with van der Waals surface area (Å²) in [6.45, 7) is 2.28. The van der Waals surface area contributed by atoms with Gasteiger partial charge in [-0.3, -0.25) is 0 Å². The number of nitrogens with zero attached hydrogens (tertiary/aromatic N) is 3. The van der Waals surface area contributed by atoms with Crippen molar-refractivity contribution in [1.29, 1.82) is 0 Å². The highest BCUT2D eigenvalue weighted by molar-refractivity contribution is 6.17. The Morgan fingerprint density at radius 2 is 1.30 bits per heavy atom. The summed E-state index contributed by atoms with van der Waals surface area (Å²) < 4.78 is 6.60. The summed E-state index contributed by atoms with van der Waals surface area (Å²) in [6.07, 6.45) is 14.1. The fourth-order valence-electron chi connectivity index (χ4n) is 7.64. The van der Waals surface area contributed by atoms with Crippen LogP contribution in [-0.4, -0.2) is 15.0 Å². The lowest BCUT2D eigenvalue weighted by atomic mass is 9.73. The van der Waals surface area contributed by atoms with Crippen molar-refractivity contribution in [3.05, 3.63) is 169 Å². The molecular formula is C46H31N3O. The number of furan rings is 1. The van der Waals surface area contributed by atoms with Gasteiger partial charge in [0.05, 0.1) is 0 Å². The molecule has 2 heterocycles. The van der Waals surface area contributed by atoms with E-state index in [-0.39, 0.29) is 5.41 Å². The Balaban J connectivity index is 1.26. The average molecular weight is 642 g/mol. The first-order chi connectivity index (χ1) is 24.6. The number of rotatable bonds is 4. The Morgan fingerprint density at radius 1 is 0.580 bits per heavy atom. The van der Waals surface area contributed by atoms with E-state index in [0.29, 0.717) is 17.5 Å². The molecule has 0 amide bonds. The first-order valence-corrected chi connectivity index (χ1v) is 17.1. The van der Waals surface area contributed by atoms with E-state index >= 15 is 0 Å². The molecule has 0 saturated carbocycles. The molecular weight excluding hydrogens is 611 g/mol. The molecule has 0 N–H and O–H groups in total. The molecule has 4 nitrogen and oxygen atoms in total. The third-order valence-corrected chi connectivity index (χ3v) is 10.3. The Hall–Kier alpha value is -6.39. The average Bonchev–Trinajstić information content (AvgIpc) is 3.55. The van der Waals surface area contributed by atoms with Gasteiger partial charge in [0.2, 0.25) is 0 Å². The Labute approximate surface area is 289 Å². The van der Waals surface area contributed by atoms with Crippen molar-refractivity contribution in [3.63, 3.8) is 0 Å². The fraction of sp³-hybridized carbons (Fsp3) is 0.0652. The summed E-state index contributed by atoms with van der Waals surface area (Å²) in [5, 5.41) is 6.86. The number of fused-ring (bicyclic) bond motifs is 7. The molecule has 2 aliphatic rings. The standard InChI is InChI=1S/C46H31N3O/c1-46-23-12-11-16-33(46)25-31(22-24-46)44-47-43(29-13-3-2-4-14-29)48-45(49-44)39-27-32(28-41-42(39)37-20-9-10-21-40(37)50-41)38-26-30-15-5-6-17-34(30)35-18-7-8-19-36(35)38/h2-23,25-28H,24H2,1H3. The van der Waals surface area contributed by atoms with Gasteiger partial charge >= 0.3 is 0 Å².